The zero-order valence-electron chi connectivity index (χ0n) is 10.5. The molecule has 1 aromatic rings. The molecular weight excluding hydrogens is 272 g/mol. The van der Waals surface area contributed by atoms with E-state index in [9.17, 15) is 23.7 Å². The van der Waals surface area contributed by atoms with Crippen LogP contribution in [0.25, 0.3) is 0 Å². The van der Waals surface area contributed by atoms with Gasteiger partial charge in [-0.25, -0.2) is 8.78 Å². The van der Waals surface area contributed by atoms with Gasteiger partial charge in [0.2, 0.25) is 0 Å². The number of hydrogen-bond acceptors (Lipinski definition) is 4. The molecular formula is C12H11F2N3O3. The predicted molar refractivity (Wildman–Crippen MR) is 64.8 cm³/mol. The molecule has 0 radical (unpaired) electrons. The molecule has 6 nitrogen and oxygen atoms in total. The Morgan fingerprint density at radius 3 is 2.60 bits per heavy atom. The van der Waals surface area contributed by atoms with Crippen LogP contribution in [-0.4, -0.2) is 16.9 Å². The van der Waals surface area contributed by atoms with E-state index in [4.69, 9.17) is 5.26 Å². The van der Waals surface area contributed by atoms with Crippen LogP contribution in [0.1, 0.15) is 30.1 Å². The summed E-state index contributed by atoms with van der Waals surface area (Å²) in [6.07, 6.45) is 0.441. The number of carbonyl (C=O) groups excluding carboxylic acids is 1. The lowest BCUT2D eigenvalue weighted by Crippen LogP contribution is -2.34. The third-order valence-corrected chi connectivity index (χ3v) is 2.65. The van der Waals surface area contributed by atoms with E-state index < -0.39 is 39.8 Å². The number of benzene rings is 1. The number of carbonyl (C=O) groups is 1. The number of nitro benzene ring substituents is 1. The van der Waals surface area contributed by atoms with Crippen molar-refractivity contribution < 1.29 is 18.5 Å². The number of rotatable bonds is 5. The van der Waals surface area contributed by atoms with Crippen LogP contribution in [0.3, 0.4) is 0 Å². The van der Waals surface area contributed by atoms with Gasteiger partial charge >= 0.3 is 0 Å². The summed E-state index contributed by atoms with van der Waals surface area (Å²) in [5, 5.41) is 21.7. The van der Waals surface area contributed by atoms with E-state index in [-0.39, 0.29) is 6.42 Å². The quantitative estimate of drug-likeness (QED) is 0.662. The van der Waals surface area contributed by atoms with Crippen molar-refractivity contribution >= 4 is 11.6 Å². The topological polar surface area (TPSA) is 96.0 Å². The summed E-state index contributed by atoms with van der Waals surface area (Å²) in [4.78, 5) is 21.6. The van der Waals surface area contributed by atoms with Crippen molar-refractivity contribution in [3.05, 3.63) is 39.4 Å². The van der Waals surface area contributed by atoms with Gasteiger partial charge in [-0.05, 0) is 12.5 Å². The van der Waals surface area contributed by atoms with E-state index >= 15 is 0 Å². The van der Waals surface area contributed by atoms with Crippen LogP contribution in [0.2, 0.25) is 0 Å². The third kappa shape index (κ3) is 3.47. The van der Waals surface area contributed by atoms with Crippen molar-refractivity contribution in [3.63, 3.8) is 0 Å². The van der Waals surface area contributed by atoms with Crippen LogP contribution in [0.4, 0.5) is 14.5 Å². The molecule has 0 saturated heterocycles. The first kappa shape index (κ1) is 15.5. The highest BCUT2D eigenvalue weighted by molar-refractivity contribution is 5.98. The van der Waals surface area contributed by atoms with Crippen LogP contribution in [-0.2, 0) is 0 Å². The van der Waals surface area contributed by atoms with Crippen LogP contribution in [0.5, 0.6) is 0 Å². The molecule has 20 heavy (non-hydrogen) atoms. The van der Waals surface area contributed by atoms with E-state index in [0.29, 0.717) is 18.6 Å². The fourth-order valence-corrected chi connectivity index (χ4v) is 1.54. The standard InChI is InChI=1S/C12H11F2N3O3/c1-2-7(3-4-15)16-12(18)8-5-9(13)10(14)6-11(8)17(19)20/h5-7H,2-3H2,1H3,(H,16,18). The van der Waals surface area contributed by atoms with Gasteiger partial charge in [0.05, 0.1) is 23.5 Å². The number of nitrogens with zero attached hydrogens (tertiary/aromatic N) is 2. The second-order valence-corrected chi connectivity index (χ2v) is 3.98. The molecule has 0 aliphatic heterocycles. The van der Waals surface area contributed by atoms with Gasteiger partial charge in [0, 0.05) is 6.04 Å². The molecule has 1 atom stereocenters. The lowest BCUT2D eigenvalue weighted by Gasteiger charge is -2.13. The fraction of sp³-hybridized carbons (Fsp3) is 0.333. The van der Waals surface area contributed by atoms with Gasteiger partial charge in [-0.1, -0.05) is 6.92 Å². The summed E-state index contributed by atoms with van der Waals surface area (Å²) in [5.74, 6) is -3.68. The molecule has 1 amide bonds. The second-order valence-electron chi connectivity index (χ2n) is 3.98. The predicted octanol–water partition coefficient (Wildman–Crippen LogP) is 2.30. The number of nitro groups is 1. The Labute approximate surface area is 113 Å². The summed E-state index contributed by atoms with van der Waals surface area (Å²) in [7, 11) is 0. The highest BCUT2D eigenvalue weighted by Crippen LogP contribution is 2.22. The Balaban J connectivity index is 3.12. The molecule has 8 heteroatoms. The van der Waals surface area contributed by atoms with Crippen molar-refractivity contribution in [1.82, 2.24) is 5.32 Å². The van der Waals surface area contributed by atoms with E-state index in [1.54, 1.807) is 6.92 Å². The first-order chi connectivity index (χ1) is 9.40. The summed E-state index contributed by atoms with van der Waals surface area (Å²) >= 11 is 0. The molecule has 0 aliphatic rings. The van der Waals surface area contributed by atoms with E-state index in [1.807, 2.05) is 6.07 Å². The highest BCUT2D eigenvalue weighted by Gasteiger charge is 2.25. The molecule has 0 heterocycles. The first-order valence-electron chi connectivity index (χ1n) is 5.71. The van der Waals surface area contributed by atoms with Crippen LogP contribution in [0.15, 0.2) is 12.1 Å². The molecule has 0 aromatic heterocycles. The Morgan fingerprint density at radius 1 is 1.50 bits per heavy atom. The maximum atomic E-state index is 13.1. The monoisotopic (exact) mass is 283 g/mol. The molecule has 1 rings (SSSR count). The molecule has 0 aliphatic carbocycles. The zero-order valence-corrected chi connectivity index (χ0v) is 10.5. The van der Waals surface area contributed by atoms with Crippen molar-refractivity contribution in [2.24, 2.45) is 0 Å². The summed E-state index contributed by atoms with van der Waals surface area (Å²) < 4.78 is 26.1. The molecule has 1 N–H and O–H groups in total. The molecule has 1 unspecified atom stereocenters. The molecule has 0 spiro atoms. The van der Waals surface area contributed by atoms with E-state index in [2.05, 4.69) is 5.32 Å². The fourth-order valence-electron chi connectivity index (χ4n) is 1.54. The summed E-state index contributed by atoms with van der Waals surface area (Å²) in [5.41, 5.74) is -1.40. The van der Waals surface area contributed by atoms with Crippen LogP contribution >= 0.6 is 0 Å². The van der Waals surface area contributed by atoms with Crippen LogP contribution in [0, 0.1) is 33.1 Å². The number of halogens is 2. The maximum absolute atomic E-state index is 13.1. The van der Waals surface area contributed by atoms with Crippen molar-refractivity contribution in [2.45, 2.75) is 25.8 Å². The molecule has 1 aromatic carbocycles. The van der Waals surface area contributed by atoms with Crippen molar-refractivity contribution in [1.29, 1.82) is 5.26 Å². The Bertz CT molecular complexity index is 584. The van der Waals surface area contributed by atoms with Gasteiger partial charge in [-0.15, -0.1) is 0 Å². The lowest BCUT2D eigenvalue weighted by molar-refractivity contribution is -0.385. The SMILES string of the molecule is CCC(CC#N)NC(=O)c1cc(F)c(F)cc1[N+](=O)[O-]. The maximum Gasteiger partial charge on any atom is 0.285 e. The molecule has 0 fully saturated rings. The Morgan fingerprint density at radius 2 is 2.10 bits per heavy atom. The molecule has 0 bridgehead atoms. The summed E-state index contributed by atoms with van der Waals surface area (Å²) in [6.45, 7) is 1.71. The first-order valence-corrected chi connectivity index (χ1v) is 5.71. The number of amides is 1. The van der Waals surface area contributed by atoms with Gasteiger partial charge in [0.15, 0.2) is 11.6 Å². The van der Waals surface area contributed by atoms with E-state index in [1.165, 1.54) is 0 Å². The van der Waals surface area contributed by atoms with Crippen LogP contribution < -0.4 is 5.32 Å². The minimum Gasteiger partial charge on any atom is -0.348 e. The van der Waals surface area contributed by atoms with E-state index in [0.717, 1.165) is 0 Å². The van der Waals surface area contributed by atoms with Gasteiger partial charge in [0.1, 0.15) is 5.56 Å². The highest BCUT2D eigenvalue weighted by atomic mass is 19.2. The Kier molecular flexibility index (Phi) is 5.08. The molecule has 106 valence electrons. The largest absolute Gasteiger partial charge is 0.348 e. The van der Waals surface area contributed by atoms with Gasteiger partial charge in [-0.2, -0.15) is 5.26 Å². The van der Waals surface area contributed by atoms with Crippen molar-refractivity contribution in [3.8, 4) is 6.07 Å². The lowest BCUT2D eigenvalue weighted by atomic mass is 10.1. The van der Waals surface area contributed by atoms with Crippen molar-refractivity contribution in [2.75, 3.05) is 0 Å². The average Bonchev–Trinajstić information content (AvgIpc) is 2.40. The second kappa shape index (κ2) is 6.56. The minimum atomic E-state index is -1.41. The van der Waals surface area contributed by atoms with Gasteiger partial charge in [0.25, 0.3) is 11.6 Å². The number of hydrogen-bond donors (Lipinski definition) is 1. The number of nitriles is 1. The molecule has 0 saturated carbocycles. The smallest absolute Gasteiger partial charge is 0.285 e. The van der Waals surface area contributed by atoms with Gasteiger partial charge in [-0.3, -0.25) is 14.9 Å². The zero-order chi connectivity index (χ0) is 15.3. The van der Waals surface area contributed by atoms with Gasteiger partial charge < -0.3 is 5.32 Å². The Hall–Kier alpha value is -2.56. The third-order valence-electron chi connectivity index (χ3n) is 2.65. The normalized spacial score (nSPS) is 11.5. The average molecular weight is 283 g/mol. The summed E-state index contributed by atoms with van der Waals surface area (Å²) in [6, 6.07) is 2.17. The number of nitrogens with one attached hydrogen (secondary N) is 1. The minimum absolute atomic E-state index is 0.0136.